The molecule has 0 unspecified atom stereocenters. The monoisotopic (exact) mass is 528 g/mol. The van der Waals surface area contributed by atoms with Gasteiger partial charge < -0.3 is 24.4 Å². The van der Waals surface area contributed by atoms with Gasteiger partial charge in [0.05, 0.1) is 31.1 Å². The van der Waals surface area contributed by atoms with Gasteiger partial charge in [-0.25, -0.2) is 28.5 Å². The normalized spacial score (nSPS) is 16.4. The fourth-order valence-corrected chi connectivity index (χ4v) is 4.28. The summed E-state index contributed by atoms with van der Waals surface area (Å²) in [5, 5.41) is 7.37. The molecule has 1 fully saturated rings. The molecular weight excluding hydrogens is 495 g/mol. The molecule has 38 heavy (non-hydrogen) atoms. The third-order valence-corrected chi connectivity index (χ3v) is 5.82. The van der Waals surface area contributed by atoms with Gasteiger partial charge in [0.15, 0.2) is 11.3 Å². The first-order chi connectivity index (χ1) is 18.1. The SMILES string of the molecule is CCOC(=O)c1cnc2ccc(N3CCC[C@@H]3c3cc(F)cnc3OC[C@H](C)NC(=O)OC(C)(C)C)nn12. The first-order valence-electron chi connectivity index (χ1n) is 12.6. The van der Waals surface area contributed by atoms with E-state index in [9.17, 15) is 14.0 Å². The topological polar surface area (TPSA) is 120 Å². The Morgan fingerprint density at radius 2 is 2.03 bits per heavy atom. The van der Waals surface area contributed by atoms with E-state index in [2.05, 4.69) is 20.4 Å². The molecule has 4 heterocycles. The fourth-order valence-electron chi connectivity index (χ4n) is 4.28. The lowest BCUT2D eigenvalue weighted by atomic mass is 10.1. The van der Waals surface area contributed by atoms with Crippen molar-refractivity contribution in [2.45, 2.75) is 65.1 Å². The Morgan fingerprint density at radius 3 is 2.76 bits per heavy atom. The van der Waals surface area contributed by atoms with Gasteiger partial charge in [-0.3, -0.25) is 0 Å². The average Bonchev–Trinajstić information content (AvgIpc) is 3.49. The number of rotatable bonds is 8. The summed E-state index contributed by atoms with van der Waals surface area (Å²) in [5.41, 5.74) is 0.690. The Hall–Kier alpha value is -3.96. The molecule has 4 rings (SSSR count). The molecule has 0 bridgehead atoms. The highest BCUT2D eigenvalue weighted by molar-refractivity contribution is 5.88. The standard InChI is InChI=1S/C26H33FN6O5/c1-6-36-24(34)20-14-28-21-9-10-22(31-33(20)21)32-11-7-8-19(32)18-12-17(27)13-29-23(18)37-15-16(2)30-25(35)38-26(3,4)5/h9-10,12-14,16,19H,6-8,11,15H2,1-5H3,(H,30,35)/t16-,19+/m0/s1. The van der Waals surface area contributed by atoms with E-state index in [-0.39, 0.29) is 36.9 Å². The average molecular weight is 529 g/mol. The van der Waals surface area contributed by atoms with Crippen LogP contribution in [0.5, 0.6) is 5.88 Å². The Balaban J connectivity index is 1.54. The Morgan fingerprint density at radius 1 is 1.24 bits per heavy atom. The van der Waals surface area contributed by atoms with Crippen molar-refractivity contribution in [3.8, 4) is 5.88 Å². The second-order valence-electron chi connectivity index (χ2n) is 10.1. The van der Waals surface area contributed by atoms with Crippen LogP contribution >= 0.6 is 0 Å². The van der Waals surface area contributed by atoms with E-state index in [1.165, 1.54) is 16.8 Å². The van der Waals surface area contributed by atoms with Gasteiger partial charge in [-0.05, 0) is 65.7 Å². The number of pyridine rings is 1. The number of hydrogen-bond acceptors (Lipinski definition) is 9. The number of fused-ring (bicyclic) bond motifs is 1. The number of halogens is 1. The predicted octanol–water partition coefficient (Wildman–Crippen LogP) is 4.07. The van der Waals surface area contributed by atoms with Gasteiger partial charge in [-0.15, -0.1) is 5.10 Å². The maximum absolute atomic E-state index is 14.3. The van der Waals surface area contributed by atoms with E-state index in [1.54, 1.807) is 40.7 Å². The molecule has 1 aliphatic rings. The van der Waals surface area contributed by atoms with Gasteiger partial charge in [0.2, 0.25) is 5.88 Å². The van der Waals surface area contributed by atoms with Crippen LogP contribution in [0, 0.1) is 5.82 Å². The largest absolute Gasteiger partial charge is 0.475 e. The van der Waals surface area contributed by atoms with Crippen molar-refractivity contribution in [2.24, 2.45) is 0 Å². The first-order valence-corrected chi connectivity index (χ1v) is 12.6. The summed E-state index contributed by atoms with van der Waals surface area (Å²) in [6.45, 7) is 9.88. The molecule has 3 aromatic heterocycles. The molecule has 0 aliphatic carbocycles. The number of ether oxygens (including phenoxy) is 3. The van der Waals surface area contributed by atoms with Crippen molar-refractivity contribution < 1.29 is 28.2 Å². The van der Waals surface area contributed by atoms with Crippen LogP contribution in [0.1, 0.15) is 69.6 Å². The van der Waals surface area contributed by atoms with E-state index in [1.807, 2.05) is 11.0 Å². The van der Waals surface area contributed by atoms with Gasteiger partial charge in [0.1, 0.15) is 23.8 Å². The summed E-state index contributed by atoms with van der Waals surface area (Å²) >= 11 is 0. The second kappa shape index (κ2) is 11.2. The van der Waals surface area contributed by atoms with E-state index < -0.39 is 23.5 Å². The van der Waals surface area contributed by atoms with Crippen LogP contribution in [0.15, 0.2) is 30.6 Å². The van der Waals surface area contributed by atoms with Crippen molar-refractivity contribution in [1.29, 1.82) is 0 Å². The Kier molecular flexibility index (Phi) is 7.98. The van der Waals surface area contributed by atoms with Crippen LogP contribution in [0.4, 0.5) is 15.0 Å². The molecule has 1 aliphatic heterocycles. The van der Waals surface area contributed by atoms with Crippen molar-refractivity contribution in [3.05, 3.63) is 47.7 Å². The molecule has 11 nitrogen and oxygen atoms in total. The molecule has 1 amide bonds. The first kappa shape index (κ1) is 27.1. The number of nitrogens with zero attached hydrogens (tertiary/aromatic N) is 5. The zero-order valence-electron chi connectivity index (χ0n) is 22.2. The van der Waals surface area contributed by atoms with E-state index in [0.29, 0.717) is 23.6 Å². The van der Waals surface area contributed by atoms with Crippen LogP contribution in [0.2, 0.25) is 0 Å². The van der Waals surface area contributed by atoms with Gasteiger partial charge in [-0.2, -0.15) is 0 Å². The number of amides is 1. The molecule has 0 aromatic carbocycles. The highest BCUT2D eigenvalue weighted by Crippen LogP contribution is 2.39. The van der Waals surface area contributed by atoms with Crippen molar-refractivity contribution in [2.75, 3.05) is 24.7 Å². The molecule has 2 atom stereocenters. The lowest BCUT2D eigenvalue weighted by Gasteiger charge is -2.27. The van der Waals surface area contributed by atoms with Gasteiger partial charge in [0.25, 0.3) is 0 Å². The summed E-state index contributed by atoms with van der Waals surface area (Å²) in [5.74, 6) is -0.126. The minimum atomic E-state index is -0.618. The molecule has 204 valence electrons. The number of carbonyl (C=O) groups is 2. The molecule has 0 spiro atoms. The van der Waals surface area contributed by atoms with Gasteiger partial charge in [0, 0.05) is 12.1 Å². The van der Waals surface area contributed by atoms with Crippen molar-refractivity contribution in [1.82, 2.24) is 24.9 Å². The summed E-state index contributed by atoms with van der Waals surface area (Å²) in [4.78, 5) is 34.9. The number of carbonyl (C=O) groups excluding carboxylic acids is 2. The highest BCUT2D eigenvalue weighted by atomic mass is 19.1. The number of alkyl carbamates (subject to hydrolysis) is 1. The van der Waals surface area contributed by atoms with Crippen LogP contribution in [0.25, 0.3) is 5.65 Å². The maximum atomic E-state index is 14.3. The third kappa shape index (κ3) is 6.29. The molecule has 1 saturated heterocycles. The Labute approximate surface area is 220 Å². The lowest BCUT2D eigenvalue weighted by molar-refractivity contribution is 0.0489. The summed E-state index contributed by atoms with van der Waals surface area (Å²) in [7, 11) is 0. The molecule has 12 heteroatoms. The molecular formula is C26H33FN6O5. The number of aromatic nitrogens is 4. The quantitative estimate of drug-likeness (QED) is 0.431. The number of esters is 1. The van der Waals surface area contributed by atoms with E-state index in [0.717, 1.165) is 19.0 Å². The van der Waals surface area contributed by atoms with Crippen LogP contribution in [-0.4, -0.2) is 63.0 Å². The summed E-state index contributed by atoms with van der Waals surface area (Å²) in [6, 6.07) is 4.36. The minimum absolute atomic E-state index is 0.111. The molecule has 0 saturated carbocycles. The number of nitrogens with one attached hydrogen (secondary N) is 1. The zero-order valence-corrected chi connectivity index (χ0v) is 22.2. The zero-order chi connectivity index (χ0) is 27.4. The predicted molar refractivity (Wildman–Crippen MR) is 137 cm³/mol. The van der Waals surface area contributed by atoms with Crippen LogP contribution in [-0.2, 0) is 9.47 Å². The maximum Gasteiger partial charge on any atom is 0.407 e. The summed E-state index contributed by atoms with van der Waals surface area (Å²) < 4.78 is 32.2. The minimum Gasteiger partial charge on any atom is -0.475 e. The van der Waals surface area contributed by atoms with Crippen LogP contribution < -0.4 is 15.0 Å². The van der Waals surface area contributed by atoms with Crippen molar-refractivity contribution >= 4 is 23.5 Å². The Bertz CT molecular complexity index is 1310. The number of imidazole rings is 1. The van der Waals surface area contributed by atoms with E-state index >= 15 is 0 Å². The van der Waals surface area contributed by atoms with Crippen LogP contribution in [0.3, 0.4) is 0 Å². The number of hydrogen-bond donors (Lipinski definition) is 1. The number of anilines is 1. The smallest absolute Gasteiger partial charge is 0.407 e. The molecule has 3 aromatic rings. The molecule has 0 radical (unpaired) electrons. The lowest BCUT2D eigenvalue weighted by Crippen LogP contribution is -2.40. The highest BCUT2D eigenvalue weighted by Gasteiger charge is 2.31. The second-order valence-corrected chi connectivity index (χ2v) is 10.1. The third-order valence-electron chi connectivity index (χ3n) is 5.82. The van der Waals surface area contributed by atoms with Crippen molar-refractivity contribution in [3.63, 3.8) is 0 Å². The van der Waals surface area contributed by atoms with Gasteiger partial charge in [-0.1, -0.05) is 0 Å². The summed E-state index contributed by atoms with van der Waals surface area (Å²) in [6.07, 6.45) is 3.55. The fraction of sp³-hybridized carbons (Fsp3) is 0.500. The molecule has 1 N–H and O–H groups in total. The van der Waals surface area contributed by atoms with E-state index in [4.69, 9.17) is 14.2 Å². The van der Waals surface area contributed by atoms with Gasteiger partial charge >= 0.3 is 12.1 Å².